The lowest BCUT2D eigenvalue weighted by Gasteiger charge is -2.22. The van der Waals surface area contributed by atoms with Crippen molar-refractivity contribution in [2.45, 2.75) is 38.0 Å². The van der Waals surface area contributed by atoms with Crippen LogP contribution in [0.3, 0.4) is 0 Å². The zero-order chi connectivity index (χ0) is 16.4. The summed E-state index contributed by atoms with van der Waals surface area (Å²) in [6.45, 7) is 0. The van der Waals surface area contributed by atoms with Crippen LogP contribution in [0.4, 0.5) is 0 Å². The third kappa shape index (κ3) is 3.16. The Morgan fingerprint density at radius 1 is 0.875 bits per heavy atom. The van der Waals surface area contributed by atoms with Crippen molar-refractivity contribution in [1.82, 2.24) is 14.8 Å². The van der Waals surface area contributed by atoms with Crippen molar-refractivity contribution in [3.05, 3.63) is 64.9 Å². The summed E-state index contributed by atoms with van der Waals surface area (Å²) in [5, 5.41) is 8.41. The third-order valence-electron chi connectivity index (χ3n) is 4.90. The van der Waals surface area contributed by atoms with Crippen LogP contribution in [-0.4, -0.2) is 14.8 Å². The maximum absolute atomic E-state index is 4.30. The average Bonchev–Trinajstić information content (AvgIpc) is 3.13. The molecule has 4 heteroatoms. The molecule has 1 aromatic heterocycles. The third-order valence-corrected chi connectivity index (χ3v) is 5.43. The summed E-state index contributed by atoms with van der Waals surface area (Å²) in [4.78, 5) is 0. The minimum Gasteiger partial charge on any atom is -0.282 e. The topological polar surface area (TPSA) is 30.7 Å². The van der Waals surface area contributed by atoms with E-state index in [0.717, 1.165) is 27.5 Å². The van der Waals surface area contributed by atoms with Crippen molar-refractivity contribution in [2.24, 2.45) is 0 Å². The molecule has 0 amide bonds. The Bertz CT molecular complexity index is 800. The van der Waals surface area contributed by atoms with Gasteiger partial charge in [-0.15, -0.1) is 10.2 Å². The quantitative estimate of drug-likeness (QED) is 0.578. The minimum absolute atomic E-state index is 0.736. The van der Waals surface area contributed by atoms with Crippen LogP contribution in [-0.2, 0) is 0 Å². The Hall–Kier alpha value is -1.94. The number of hydrogen-bond donors (Lipinski definition) is 0. The molecule has 0 saturated heterocycles. The van der Waals surface area contributed by atoms with E-state index in [-0.39, 0.29) is 0 Å². The van der Waals surface area contributed by atoms with E-state index in [9.17, 15) is 0 Å². The molecule has 3 nitrogen and oxygen atoms in total. The van der Waals surface area contributed by atoms with Gasteiger partial charge in [0.2, 0.25) is 0 Å². The molecule has 0 N–H and O–H groups in total. The van der Waals surface area contributed by atoms with Gasteiger partial charge in [-0.25, -0.2) is 0 Å². The van der Waals surface area contributed by atoms with Crippen LogP contribution in [0.15, 0.2) is 59.3 Å². The molecule has 1 aliphatic rings. The van der Waals surface area contributed by atoms with Crippen LogP contribution in [0.5, 0.6) is 0 Å². The Labute approximate surface area is 150 Å². The Kier molecular flexibility index (Phi) is 4.48. The van der Waals surface area contributed by atoms with Gasteiger partial charge in [-0.05, 0) is 48.6 Å². The molecule has 0 spiro atoms. The van der Waals surface area contributed by atoms with Gasteiger partial charge in [-0.3, -0.25) is 4.57 Å². The van der Waals surface area contributed by atoms with Gasteiger partial charge in [0.05, 0.1) is 0 Å². The largest absolute Gasteiger partial charge is 0.282 e. The first-order chi connectivity index (χ1) is 11.8. The summed E-state index contributed by atoms with van der Waals surface area (Å²) in [6, 6.07) is 17.1. The molecular formula is C20H20BrN3. The van der Waals surface area contributed by atoms with Crippen molar-refractivity contribution in [2.75, 3.05) is 0 Å². The Morgan fingerprint density at radius 3 is 2.29 bits per heavy atom. The summed E-state index contributed by atoms with van der Waals surface area (Å²) in [5.74, 6) is 1.60. The number of rotatable bonds is 3. The molecule has 0 bridgehead atoms. The van der Waals surface area contributed by atoms with Crippen LogP contribution >= 0.6 is 15.9 Å². The monoisotopic (exact) mass is 381 g/mol. The summed E-state index contributed by atoms with van der Waals surface area (Å²) in [5.41, 5.74) is 3.64. The van der Waals surface area contributed by atoms with Crippen LogP contribution in [0.1, 0.15) is 43.6 Å². The van der Waals surface area contributed by atoms with Gasteiger partial charge >= 0.3 is 0 Å². The number of nitrogens with zero attached hydrogens (tertiary/aromatic N) is 3. The molecule has 122 valence electrons. The standard InChI is InChI=1S/C20H20BrN3/c21-18-10-6-17(7-11-18)20-23-22-14-24(20)19-12-8-16(9-13-19)15-4-2-1-3-5-15/h6-15H,1-5H2. The molecule has 0 radical (unpaired) electrons. The summed E-state index contributed by atoms with van der Waals surface area (Å²) < 4.78 is 3.11. The van der Waals surface area contributed by atoms with E-state index in [1.54, 1.807) is 6.33 Å². The van der Waals surface area contributed by atoms with E-state index in [1.807, 2.05) is 16.7 Å². The Balaban J connectivity index is 1.62. The normalized spacial score (nSPS) is 15.5. The lowest BCUT2D eigenvalue weighted by Crippen LogP contribution is -2.04. The summed E-state index contributed by atoms with van der Waals surface area (Å²) in [6.07, 6.45) is 8.57. The highest BCUT2D eigenvalue weighted by atomic mass is 79.9. The van der Waals surface area contributed by atoms with Crippen molar-refractivity contribution in [3.63, 3.8) is 0 Å². The highest BCUT2D eigenvalue weighted by Crippen LogP contribution is 2.33. The molecule has 24 heavy (non-hydrogen) atoms. The van der Waals surface area contributed by atoms with E-state index in [2.05, 4.69) is 62.5 Å². The number of benzene rings is 2. The molecule has 4 rings (SSSR count). The predicted octanol–water partition coefficient (Wildman–Crippen LogP) is 5.74. The molecule has 0 unspecified atom stereocenters. The SMILES string of the molecule is Brc1ccc(-c2nncn2-c2ccc(C3CCCCC3)cc2)cc1. The van der Waals surface area contributed by atoms with Crippen LogP contribution in [0, 0.1) is 0 Å². The van der Waals surface area contributed by atoms with Crippen molar-refractivity contribution >= 4 is 15.9 Å². The summed E-state index contributed by atoms with van der Waals surface area (Å²) in [7, 11) is 0. The van der Waals surface area contributed by atoms with Gasteiger partial charge in [0.25, 0.3) is 0 Å². The van der Waals surface area contributed by atoms with E-state index >= 15 is 0 Å². The fourth-order valence-electron chi connectivity index (χ4n) is 3.56. The number of aromatic nitrogens is 3. The molecule has 0 atom stereocenters. The van der Waals surface area contributed by atoms with Gasteiger partial charge in [0.1, 0.15) is 6.33 Å². The lowest BCUT2D eigenvalue weighted by atomic mass is 9.84. The first-order valence-electron chi connectivity index (χ1n) is 8.57. The van der Waals surface area contributed by atoms with E-state index in [0.29, 0.717) is 0 Å². The molecular weight excluding hydrogens is 362 g/mol. The van der Waals surface area contributed by atoms with Crippen molar-refractivity contribution < 1.29 is 0 Å². The van der Waals surface area contributed by atoms with Crippen LogP contribution < -0.4 is 0 Å². The maximum Gasteiger partial charge on any atom is 0.168 e. The fourth-order valence-corrected chi connectivity index (χ4v) is 3.83. The van der Waals surface area contributed by atoms with Gasteiger partial charge in [0, 0.05) is 15.7 Å². The molecule has 2 aromatic carbocycles. The molecule has 1 fully saturated rings. The lowest BCUT2D eigenvalue weighted by molar-refractivity contribution is 0.443. The van der Waals surface area contributed by atoms with Gasteiger partial charge in [-0.1, -0.05) is 59.5 Å². The van der Waals surface area contributed by atoms with Gasteiger partial charge in [0.15, 0.2) is 5.82 Å². The van der Waals surface area contributed by atoms with E-state index in [4.69, 9.17) is 0 Å². The second kappa shape index (κ2) is 6.89. The number of hydrogen-bond acceptors (Lipinski definition) is 2. The fraction of sp³-hybridized carbons (Fsp3) is 0.300. The van der Waals surface area contributed by atoms with Crippen LogP contribution in [0.2, 0.25) is 0 Å². The molecule has 1 saturated carbocycles. The highest BCUT2D eigenvalue weighted by Gasteiger charge is 2.16. The molecule has 3 aromatic rings. The second-order valence-corrected chi connectivity index (χ2v) is 7.37. The van der Waals surface area contributed by atoms with E-state index < -0.39 is 0 Å². The van der Waals surface area contributed by atoms with Crippen molar-refractivity contribution in [1.29, 1.82) is 0 Å². The highest BCUT2D eigenvalue weighted by molar-refractivity contribution is 9.10. The molecule has 1 aliphatic carbocycles. The van der Waals surface area contributed by atoms with Gasteiger partial charge < -0.3 is 0 Å². The van der Waals surface area contributed by atoms with Crippen LogP contribution in [0.25, 0.3) is 17.1 Å². The average molecular weight is 382 g/mol. The summed E-state index contributed by atoms with van der Waals surface area (Å²) >= 11 is 3.48. The predicted molar refractivity (Wildman–Crippen MR) is 100 cm³/mol. The van der Waals surface area contributed by atoms with E-state index in [1.165, 1.54) is 37.7 Å². The Morgan fingerprint density at radius 2 is 1.58 bits per heavy atom. The maximum atomic E-state index is 4.30. The molecule has 1 heterocycles. The zero-order valence-corrected chi connectivity index (χ0v) is 15.1. The number of halogens is 1. The first-order valence-corrected chi connectivity index (χ1v) is 9.37. The second-order valence-electron chi connectivity index (χ2n) is 6.46. The van der Waals surface area contributed by atoms with Gasteiger partial charge in [-0.2, -0.15) is 0 Å². The minimum atomic E-state index is 0.736. The molecule has 0 aliphatic heterocycles. The smallest absolute Gasteiger partial charge is 0.168 e. The first kappa shape index (κ1) is 15.6. The van der Waals surface area contributed by atoms with Crippen molar-refractivity contribution in [3.8, 4) is 17.1 Å². The zero-order valence-electron chi connectivity index (χ0n) is 13.5.